The van der Waals surface area contributed by atoms with Crippen molar-refractivity contribution in [2.45, 2.75) is 12.0 Å². The van der Waals surface area contributed by atoms with Crippen LogP contribution >= 0.6 is 0 Å². The Labute approximate surface area is 71.8 Å². The third-order valence-electron chi connectivity index (χ3n) is 2.49. The zero-order chi connectivity index (χ0) is 8.55. The van der Waals surface area contributed by atoms with Gasteiger partial charge in [0.05, 0.1) is 6.33 Å². The summed E-state index contributed by atoms with van der Waals surface area (Å²) >= 11 is 0. The van der Waals surface area contributed by atoms with Crippen molar-refractivity contribution in [1.82, 2.24) is 14.9 Å². The fraction of sp³-hybridized carbons (Fsp3) is 0.625. The van der Waals surface area contributed by atoms with Crippen LogP contribution in [0.2, 0.25) is 0 Å². The standard InChI is InChI=1S/C8H14N4/c1-12-5-11-4-8(12)6-2-10-3-7(6)9/h4-7,10H,2-3,9H2,1H3/t6-,7-/m1/s1. The van der Waals surface area contributed by atoms with Gasteiger partial charge in [-0.15, -0.1) is 0 Å². The molecular weight excluding hydrogens is 152 g/mol. The summed E-state index contributed by atoms with van der Waals surface area (Å²) in [6.45, 7) is 1.89. The molecule has 1 aliphatic rings. The summed E-state index contributed by atoms with van der Waals surface area (Å²) in [6, 6.07) is 0.236. The second kappa shape index (κ2) is 2.88. The highest BCUT2D eigenvalue weighted by molar-refractivity contribution is 5.12. The van der Waals surface area contributed by atoms with Gasteiger partial charge in [-0.05, 0) is 0 Å². The Morgan fingerprint density at radius 3 is 3.00 bits per heavy atom. The van der Waals surface area contributed by atoms with Crippen LogP contribution in [0.25, 0.3) is 0 Å². The Kier molecular flexibility index (Phi) is 1.86. The van der Waals surface area contributed by atoms with Gasteiger partial charge in [-0.25, -0.2) is 4.98 Å². The van der Waals surface area contributed by atoms with Crippen molar-refractivity contribution in [3.05, 3.63) is 18.2 Å². The van der Waals surface area contributed by atoms with Crippen LogP contribution in [0.5, 0.6) is 0 Å². The Bertz CT molecular complexity index is 268. The summed E-state index contributed by atoms with van der Waals surface area (Å²) in [6.07, 6.45) is 3.72. The van der Waals surface area contributed by atoms with E-state index in [4.69, 9.17) is 5.73 Å². The van der Waals surface area contributed by atoms with Crippen molar-refractivity contribution in [2.75, 3.05) is 13.1 Å². The first-order chi connectivity index (χ1) is 5.79. The van der Waals surface area contributed by atoms with E-state index in [1.165, 1.54) is 5.69 Å². The molecule has 3 N–H and O–H groups in total. The lowest BCUT2D eigenvalue weighted by molar-refractivity contribution is 0.611. The van der Waals surface area contributed by atoms with E-state index >= 15 is 0 Å². The zero-order valence-corrected chi connectivity index (χ0v) is 7.20. The van der Waals surface area contributed by atoms with Gasteiger partial charge < -0.3 is 15.6 Å². The number of nitrogens with zero attached hydrogens (tertiary/aromatic N) is 2. The number of imidazole rings is 1. The fourth-order valence-corrected chi connectivity index (χ4v) is 1.75. The summed E-state index contributed by atoms with van der Waals surface area (Å²) < 4.78 is 2.04. The summed E-state index contributed by atoms with van der Waals surface area (Å²) in [7, 11) is 2.01. The van der Waals surface area contributed by atoms with Crippen molar-refractivity contribution in [1.29, 1.82) is 0 Å². The van der Waals surface area contributed by atoms with Crippen molar-refractivity contribution in [3.63, 3.8) is 0 Å². The molecule has 4 heteroatoms. The van der Waals surface area contributed by atoms with Crippen LogP contribution in [0.3, 0.4) is 0 Å². The number of hydrogen-bond acceptors (Lipinski definition) is 3. The maximum atomic E-state index is 5.94. The molecule has 0 radical (unpaired) electrons. The number of nitrogens with one attached hydrogen (secondary N) is 1. The molecule has 1 aromatic heterocycles. The number of rotatable bonds is 1. The fourth-order valence-electron chi connectivity index (χ4n) is 1.75. The van der Waals surface area contributed by atoms with Crippen LogP contribution in [0.15, 0.2) is 12.5 Å². The topological polar surface area (TPSA) is 55.9 Å². The van der Waals surface area contributed by atoms with Gasteiger partial charge in [0.15, 0.2) is 0 Å². The largest absolute Gasteiger partial charge is 0.337 e. The second-order valence-corrected chi connectivity index (χ2v) is 3.36. The highest BCUT2D eigenvalue weighted by Crippen LogP contribution is 2.19. The molecule has 2 rings (SSSR count). The molecule has 0 aromatic carbocycles. The Morgan fingerprint density at radius 2 is 2.50 bits per heavy atom. The molecule has 1 aliphatic heterocycles. The molecule has 0 aliphatic carbocycles. The Morgan fingerprint density at radius 1 is 1.67 bits per heavy atom. The van der Waals surface area contributed by atoms with Gasteiger partial charge in [0.25, 0.3) is 0 Å². The number of hydrogen-bond donors (Lipinski definition) is 2. The SMILES string of the molecule is Cn1cncc1[C@@H]1CNC[C@H]1N. The molecule has 12 heavy (non-hydrogen) atoms. The predicted octanol–water partition coefficient (Wildman–Crippen LogP) is -0.566. The van der Waals surface area contributed by atoms with Gasteiger partial charge in [0.2, 0.25) is 0 Å². The third kappa shape index (κ3) is 1.13. The van der Waals surface area contributed by atoms with Gasteiger partial charge in [-0.3, -0.25) is 0 Å². The van der Waals surface area contributed by atoms with Crippen LogP contribution in [-0.2, 0) is 7.05 Å². The van der Waals surface area contributed by atoms with Gasteiger partial charge in [0, 0.05) is 44.0 Å². The monoisotopic (exact) mass is 166 g/mol. The smallest absolute Gasteiger partial charge is 0.0945 e. The maximum absolute atomic E-state index is 5.94. The quantitative estimate of drug-likeness (QED) is 0.587. The van der Waals surface area contributed by atoms with E-state index in [-0.39, 0.29) is 6.04 Å². The lowest BCUT2D eigenvalue weighted by Crippen LogP contribution is -2.28. The summed E-state index contributed by atoms with van der Waals surface area (Å²) in [4.78, 5) is 4.08. The van der Waals surface area contributed by atoms with E-state index in [9.17, 15) is 0 Å². The maximum Gasteiger partial charge on any atom is 0.0945 e. The first kappa shape index (κ1) is 7.76. The van der Waals surface area contributed by atoms with Gasteiger partial charge in [-0.2, -0.15) is 0 Å². The predicted molar refractivity (Wildman–Crippen MR) is 46.8 cm³/mol. The minimum Gasteiger partial charge on any atom is -0.337 e. The minimum absolute atomic E-state index is 0.236. The molecule has 1 fully saturated rings. The molecule has 0 unspecified atom stereocenters. The van der Waals surface area contributed by atoms with E-state index in [1.54, 1.807) is 0 Å². The lowest BCUT2D eigenvalue weighted by Gasteiger charge is -2.13. The van der Waals surface area contributed by atoms with E-state index in [1.807, 2.05) is 24.1 Å². The second-order valence-electron chi connectivity index (χ2n) is 3.36. The molecule has 1 aromatic rings. The molecule has 0 bridgehead atoms. The van der Waals surface area contributed by atoms with E-state index < -0.39 is 0 Å². The van der Waals surface area contributed by atoms with Crippen LogP contribution in [0.4, 0.5) is 0 Å². The van der Waals surface area contributed by atoms with Gasteiger partial charge >= 0.3 is 0 Å². The average molecular weight is 166 g/mol. The van der Waals surface area contributed by atoms with Crippen molar-refractivity contribution in [2.24, 2.45) is 12.8 Å². The number of aryl methyl sites for hydroxylation is 1. The molecule has 0 amide bonds. The van der Waals surface area contributed by atoms with Crippen LogP contribution in [-0.4, -0.2) is 28.7 Å². The molecule has 66 valence electrons. The van der Waals surface area contributed by atoms with E-state index in [2.05, 4.69) is 10.3 Å². The van der Waals surface area contributed by atoms with Crippen molar-refractivity contribution in [3.8, 4) is 0 Å². The molecular formula is C8H14N4. The number of aromatic nitrogens is 2. The summed E-state index contributed by atoms with van der Waals surface area (Å²) in [5.41, 5.74) is 7.16. The highest BCUT2D eigenvalue weighted by atomic mass is 15.1. The minimum atomic E-state index is 0.236. The highest BCUT2D eigenvalue weighted by Gasteiger charge is 2.26. The van der Waals surface area contributed by atoms with Crippen LogP contribution in [0, 0.1) is 0 Å². The average Bonchev–Trinajstić information content (AvgIpc) is 2.59. The Balaban J connectivity index is 2.24. The molecule has 4 nitrogen and oxygen atoms in total. The van der Waals surface area contributed by atoms with Crippen LogP contribution in [0.1, 0.15) is 11.6 Å². The van der Waals surface area contributed by atoms with E-state index in [0.717, 1.165) is 13.1 Å². The van der Waals surface area contributed by atoms with Gasteiger partial charge in [0.1, 0.15) is 0 Å². The van der Waals surface area contributed by atoms with Crippen LogP contribution < -0.4 is 11.1 Å². The summed E-state index contributed by atoms with van der Waals surface area (Å²) in [5, 5.41) is 3.27. The normalized spacial score (nSPS) is 29.5. The molecule has 2 atom stereocenters. The third-order valence-corrected chi connectivity index (χ3v) is 2.49. The molecule has 1 saturated heterocycles. The molecule has 0 saturated carbocycles. The van der Waals surface area contributed by atoms with Gasteiger partial charge in [-0.1, -0.05) is 0 Å². The lowest BCUT2D eigenvalue weighted by atomic mass is 10.0. The number of nitrogens with two attached hydrogens (primary N) is 1. The van der Waals surface area contributed by atoms with E-state index in [0.29, 0.717) is 5.92 Å². The molecule has 2 heterocycles. The summed E-state index contributed by atoms with van der Waals surface area (Å²) in [5.74, 6) is 0.428. The first-order valence-corrected chi connectivity index (χ1v) is 4.21. The van der Waals surface area contributed by atoms with Crippen molar-refractivity contribution < 1.29 is 0 Å². The first-order valence-electron chi connectivity index (χ1n) is 4.21. The molecule has 0 spiro atoms. The Hall–Kier alpha value is -0.870. The zero-order valence-electron chi connectivity index (χ0n) is 7.20. The van der Waals surface area contributed by atoms with Crippen molar-refractivity contribution >= 4 is 0 Å².